The Balaban J connectivity index is 0.000000168. The monoisotopic (exact) mass is 627 g/mol. The summed E-state index contributed by atoms with van der Waals surface area (Å²) in [4.78, 5) is 39.3. The second-order valence-corrected chi connectivity index (χ2v) is 17.1. The third-order valence-corrected chi connectivity index (χ3v) is 13.5. The number of aliphatic hydroxyl groups excluding tert-OH is 1. The van der Waals surface area contributed by atoms with E-state index >= 15 is 0 Å². The van der Waals surface area contributed by atoms with Gasteiger partial charge in [-0.3, -0.25) is 0 Å². The van der Waals surface area contributed by atoms with Gasteiger partial charge in [-0.05, 0) is 169 Å². The number of aliphatic hydroxyl groups is 2. The molecule has 12 saturated carbocycles. The molecule has 0 aromatic heterocycles. The first-order chi connectivity index (χ1) is 21.7. The minimum absolute atomic E-state index is 0.0521. The maximum Gasteiger partial charge on any atom is 0.410 e. The van der Waals surface area contributed by atoms with Crippen molar-refractivity contribution in [2.24, 2.45) is 58.3 Å². The second kappa shape index (κ2) is 12.5. The van der Waals surface area contributed by atoms with Crippen molar-refractivity contribution in [3.05, 3.63) is 0 Å². The van der Waals surface area contributed by atoms with E-state index in [1.807, 2.05) is 0 Å². The van der Waals surface area contributed by atoms with E-state index in [2.05, 4.69) is 15.6 Å². The topological polar surface area (TPSA) is 147 Å². The molecule has 0 radical (unpaired) electrons. The minimum atomic E-state index is -0.750. The van der Waals surface area contributed by atoms with Crippen LogP contribution in [0, 0.1) is 53.3 Å². The van der Waals surface area contributed by atoms with Crippen LogP contribution in [0.4, 0.5) is 9.59 Å². The van der Waals surface area contributed by atoms with Gasteiger partial charge in [0.15, 0.2) is 0 Å². The Hall–Kier alpha value is -2.16. The van der Waals surface area contributed by atoms with E-state index in [-0.39, 0.29) is 23.4 Å². The highest BCUT2D eigenvalue weighted by molar-refractivity contribution is 5.70. The molecule has 10 nitrogen and oxygen atoms in total. The van der Waals surface area contributed by atoms with Gasteiger partial charge in [0.2, 0.25) is 12.9 Å². The van der Waals surface area contributed by atoms with Gasteiger partial charge in [-0.15, -0.1) is 0 Å². The van der Waals surface area contributed by atoms with Crippen LogP contribution in [0.1, 0.15) is 116 Å². The summed E-state index contributed by atoms with van der Waals surface area (Å²) in [7, 11) is 0. The van der Waals surface area contributed by atoms with Crippen molar-refractivity contribution in [2.75, 3.05) is 13.6 Å². The smallest absolute Gasteiger partial charge is 0.410 e. The Morgan fingerprint density at radius 2 is 0.844 bits per heavy atom. The molecule has 12 aliphatic carbocycles. The van der Waals surface area contributed by atoms with Crippen molar-refractivity contribution in [1.29, 1.82) is 0 Å². The zero-order valence-corrected chi connectivity index (χ0v) is 26.7. The first kappa shape index (κ1) is 31.4. The maximum atomic E-state index is 12.4. The summed E-state index contributed by atoms with van der Waals surface area (Å²) in [5.74, 6) is 7.24. The largest absolute Gasteiger partial charge is 0.412 e. The summed E-state index contributed by atoms with van der Waals surface area (Å²) in [6.45, 7) is -1.06. The van der Waals surface area contributed by atoms with Crippen LogP contribution in [0.15, 0.2) is 4.99 Å². The van der Waals surface area contributed by atoms with E-state index in [1.54, 1.807) is 6.08 Å². The van der Waals surface area contributed by atoms with Crippen molar-refractivity contribution in [3.63, 3.8) is 0 Å². The van der Waals surface area contributed by atoms with Crippen LogP contribution < -0.4 is 10.6 Å². The predicted molar refractivity (Wildman–Crippen MR) is 164 cm³/mol. The van der Waals surface area contributed by atoms with Gasteiger partial charge in [0, 0.05) is 11.1 Å². The highest BCUT2D eigenvalue weighted by Gasteiger charge is 2.54. The molecule has 0 unspecified atom stereocenters. The highest BCUT2D eigenvalue weighted by atomic mass is 16.7. The molecule has 0 aliphatic heterocycles. The lowest BCUT2D eigenvalue weighted by molar-refractivity contribution is -0.0355. The molecule has 10 heteroatoms. The average Bonchev–Trinajstić information content (AvgIpc) is 2.91. The fourth-order valence-electron chi connectivity index (χ4n) is 13.5. The third kappa shape index (κ3) is 6.80. The van der Waals surface area contributed by atoms with Gasteiger partial charge in [-0.2, -0.15) is 4.99 Å². The first-order valence-electron chi connectivity index (χ1n) is 17.9. The van der Waals surface area contributed by atoms with Crippen molar-refractivity contribution >= 4 is 18.3 Å². The number of aliphatic imine (C=N–C) groups is 1. The molecule has 12 rings (SSSR count). The van der Waals surface area contributed by atoms with Gasteiger partial charge in [-0.25, -0.2) is 14.4 Å². The van der Waals surface area contributed by atoms with Crippen LogP contribution in [0.5, 0.6) is 0 Å². The Bertz CT molecular complexity index is 1000. The SMILES string of the molecule is O=C(NC12CC3CC(CC(C3)C1)C2)OCOC(=O)NC12CC3CC(CC(C3)C1)C2.O=C=NC12CC3CC(CC(C3)C1)C2.OCO. The Morgan fingerprint density at radius 1 is 0.578 bits per heavy atom. The van der Waals surface area contributed by atoms with E-state index < -0.39 is 19.0 Å². The van der Waals surface area contributed by atoms with Gasteiger partial charge < -0.3 is 30.3 Å². The van der Waals surface area contributed by atoms with Crippen molar-refractivity contribution in [2.45, 2.75) is 132 Å². The van der Waals surface area contributed by atoms with Gasteiger partial charge in [0.25, 0.3) is 0 Å². The number of nitrogens with zero attached hydrogens (tertiary/aromatic N) is 1. The van der Waals surface area contributed by atoms with Crippen LogP contribution >= 0.6 is 0 Å². The zero-order valence-electron chi connectivity index (χ0n) is 26.7. The molecule has 4 N–H and O–H groups in total. The van der Waals surface area contributed by atoms with Gasteiger partial charge in [0.05, 0.1) is 5.54 Å². The maximum absolute atomic E-state index is 12.4. The molecular weight excluding hydrogens is 574 g/mol. The van der Waals surface area contributed by atoms with Crippen LogP contribution in [0.25, 0.3) is 0 Å². The standard InChI is InChI=1S/C23H34N2O4.C11H15NO.CH4O2/c26-20(24-22-7-14-1-15(8-22)3-16(2-14)9-22)28-13-29-21(27)25-23-10-17-4-18(11-23)6-19(5-17)12-23;13-7-12-11-4-8-1-9(5-11)3-10(2-8)6-11;2-1-3/h14-19H,1-13H2,(H,24,26)(H,25,27);8-10H,1-6H2;2-3H,1H2. The fourth-order valence-corrected chi connectivity index (χ4v) is 13.5. The van der Waals surface area contributed by atoms with Crippen LogP contribution in [0.2, 0.25) is 0 Å². The van der Waals surface area contributed by atoms with Crippen molar-refractivity contribution in [3.8, 4) is 0 Å². The number of ether oxygens (including phenoxy) is 2. The molecule has 45 heavy (non-hydrogen) atoms. The molecule has 0 saturated heterocycles. The van der Waals surface area contributed by atoms with Crippen molar-refractivity contribution in [1.82, 2.24) is 10.6 Å². The number of hydrogen-bond acceptors (Lipinski definition) is 8. The quantitative estimate of drug-likeness (QED) is 0.177. The molecule has 12 aliphatic rings. The molecule has 0 spiro atoms. The number of carbonyl (C=O) groups excluding carboxylic acids is 3. The van der Waals surface area contributed by atoms with Gasteiger partial charge in [-0.1, -0.05) is 0 Å². The molecule has 0 aromatic rings. The number of carbonyl (C=O) groups is 2. The molecule has 12 bridgehead atoms. The Kier molecular flexibility index (Phi) is 8.70. The normalized spacial score (nSPS) is 46.6. The molecular formula is C35H53N3O7. The number of alkyl carbamates (subject to hydrolysis) is 2. The van der Waals surface area contributed by atoms with E-state index in [1.165, 1.54) is 77.0 Å². The van der Waals surface area contributed by atoms with E-state index in [4.69, 9.17) is 19.7 Å². The lowest BCUT2D eigenvalue weighted by atomic mass is 9.53. The third-order valence-electron chi connectivity index (χ3n) is 13.5. The summed E-state index contributed by atoms with van der Waals surface area (Å²) < 4.78 is 10.5. The number of amides is 2. The summed E-state index contributed by atoms with van der Waals surface area (Å²) in [5.41, 5.74) is -0.100. The van der Waals surface area contributed by atoms with Crippen LogP contribution in [-0.2, 0) is 14.3 Å². The molecule has 0 heterocycles. The molecule has 250 valence electrons. The van der Waals surface area contributed by atoms with E-state index in [0.29, 0.717) is 0 Å². The summed E-state index contributed by atoms with van der Waals surface area (Å²) in [6, 6.07) is 0. The summed E-state index contributed by atoms with van der Waals surface area (Å²) in [6.07, 6.45) is 23.2. The van der Waals surface area contributed by atoms with E-state index in [0.717, 1.165) is 91.8 Å². The fraction of sp³-hybridized carbons (Fsp3) is 0.914. The molecule has 0 aromatic carbocycles. The number of nitrogens with one attached hydrogen (secondary N) is 2. The summed E-state index contributed by atoms with van der Waals surface area (Å²) >= 11 is 0. The van der Waals surface area contributed by atoms with Gasteiger partial charge >= 0.3 is 12.2 Å². The minimum Gasteiger partial charge on any atom is -0.412 e. The number of rotatable bonds is 5. The highest BCUT2D eigenvalue weighted by Crippen LogP contribution is 2.58. The second-order valence-electron chi connectivity index (χ2n) is 17.1. The summed E-state index contributed by atoms with van der Waals surface area (Å²) in [5, 5.41) is 20.6. The van der Waals surface area contributed by atoms with Gasteiger partial charge in [0.1, 0.15) is 6.79 Å². The lowest BCUT2D eigenvalue weighted by Gasteiger charge is -2.56. The number of isocyanates is 1. The Labute approximate surface area is 266 Å². The lowest BCUT2D eigenvalue weighted by Crippen LogP contribution is -2.60. The van der Waals surface area contributed by atoms with E-state index in [9.17, 15) is 14.4 Å². The predicted octanol–water partition coefficient (Wildman–Crippen LogP) is 5.55. The van der Waals surface area contributed by atoms with Crippen LogP contribution in [0.3, 0.4) is 0 Å². The molecule has 12 fully saturated rings. The van der Waals surface area contributed by atoms with Crippen LogP contribution in [-0.4, -0.2) is 58.7 Å². The Morgan fingerprint density at radius 3 is 1.11 bits per heavy atom. The van der Waals surface area contributed by atoms with Crippen molar-refractivity contribution < 1.29 is 34.1 Å². The molecule has 2 amide bonds. The number of hydrogen-bond donors (Lipinski definition) is 4. The average molecular weight is 628 g/mol. The first-order valence-corrected chi connectivity index (χ1v) is 17.9. The molecule has 0 atom stereocenters. The zero-order chi connectivity index (χ0) is 31.2.